The summed E-state index contributed by atoms with van der Waals surface area (Å²) >= 11 is 0. The zero-order valence-electron chi connectivity index (χ0n) is 26.3. The summed E-state index contributed by atoms with van der Waals surface area (Å²) in [5.74, 6) is 0. The molecule has 0 radical (unpaired) electrons. The number of rotatable bonds is 3. The highest BCUT2D eigenvalue weighted by Crippen LogP contribution is 2.42. The summed E-state index contributed by atoms with van der Waals surface area (Å²) < 4.78 is 0. The van der Waals surface area contributed by atoms with Crippen LogP contribution in [0.15, 0.2) is 182 Å². The van der Waals surface area contributed by atoms with Gasteiger partial charge in [0.1, 0.15) is 0 Å². The number of fused-ring (bicyclic) bond motifs is 9. The molecule has 0 heteroatoms. The third-order valence-electron chi connectivity index (χ3n) is 10.2. The Morgan fingerprint density at radius 3 is 1.44 bits per heavy atom. The van der Waals surface area contributed by atoms with E-state index in [-0.39, 0.29) is 0 Å². The molecule has 0 heterocycles. The van der Waals surface area contributed by atoms with E-state index in [1.807, 2.05) is 0 Å². The van der Waals surface area contributed by atoms with Crippen molar-refractivity contribution in [2.24, 2.45) is 0 Å². The van der Waals surface area contributed by atoms with E-state index < -0.39 is 0 Å². The molecule has 0 fully saturated rings. The lowest BCUT2D eigenvalue weighted by molar-refractivity contribution is 1.64. The topological polar surface area (TPSA) is 0 Å². The smallest absolute Gasteiger partial charge is 0.00928 e. The lowest BCUT2D eigenvalue weighted by Gasteiger charge is -2.17. The van der Waals surface area contributed by atoms with Crippen LogP contribution in [-0.4, -0.2) is 0 Å². The Kier molecular flexibility index (Phi) is 5.98. The Labute approximate surface area is 279 Å². The highest BCUT2D eigenvalue weighted by atomic mass is 14.2. The predicted molar refractivity (Wildman–Crippen MR) is 208 cm³/mol. The van der Waals surface area contributed by atoms with Gasteiger partial charge in [-0.05, 0) is 116 Å². The Bertz CT molecular complexity index is 2850. The van der Waals surface area contributed by atoms with Crippen molar-refractivity contribution < 1.29 is 0 Å². The molecule has 0 aliphatic rings. The summed E-state index contributed by atoms with van der Waals surface area (Å²) in [7, 11) is 0. The fourth-order valence-corrected chi connectivity index (χ4v) is 7.92. The lowest BCUT2D eigenvalue weighted by Crippen LogP contribution is -1.90. The van der Waals surface area contributed by atoms with E-state index in [9.17, 15) is 0 Å². The molecule has 0 saturated carbocycles. The van der Waals surface area contributed by atoms with Gasteiger partial charge in [0.2, 0.25) is 0 Å². The molecule has 0 unspecified atom stereocenters. The van der Waals surface area contributed by atoms with Crippen molar-refractivity contribution in [2.75, 3.05) is 0 Å². The maximum atomic E-state index is 2.42. The van der Waals surface area contributed by atoms with Gasteiger partial charge in [-0.1, -0.05) is 164 Å². The van der Waals surface area contributed by atoms with Gasteiger partial charge >= 0.3 is 0 Å². The van der Waals surface area contributed by atoms with Gasteiger partial charge in [0.05, 0.1) is 0 Å². The standard InChI is InChI=1S/C48H30/c1-2-12-33-28-34(21-20-31(33)10-1)35-22-24-46-44(39-19-9-13-32-11-3-4-14-37(32)39)27-26-38(47(46)29-35)36-23-25-45-42-17-6-5-15-40(42)41-16-7-8-18-43(41)48(45)30-36/h1-30H. The highest BCUT2D eigenvalue weighted by Gasteiger charge is 2.15. The van der Waals surface area contributed by atoms with Gasteiger partial charge in [0, 0.05) is 0 Å². The third-order valence-corrected chi connectivity index (χ3v) is 10.2. The van der Waals surface area contributed by atoms with Crippen molar-refractivity contribution in [3.63, 3.8) is 0 Å². The van der Waals surface area contributed by atoms with Crippen molar-refractivity contribution in [3.05, 3.63) is 182 Å². The van der Waals surface area contributed by atoms with Crippen LogP contribution in [-0.2, 0) is 0 Å². The second-order valence-electron chi connectivity index (χ2n) is 12.9. The molecule has 10 rings (SSSR count). The Morgan fingerprint density at radius 2 is 0.667 bits per heavy atom. The van der Waals surface area contributed by atoms with Crippen LogP contribution in [0.3, 0.4) is 0 Å². The Hall–Kier alpha value is -6.24. The summed E-state index contributed by atoms with van der Waals surface area (Å²) in [6.45, 7) is 0. The van der Waals surface area contributed by atoms with Gasteiger partial charge in [-0.15, -0.1) is 0 Å². The maximum Gasteiger partial charge on any atom is -0.00928 e. The van der Waals surface area contributed by atoms with Crippen LogP contribution >= 0.6 is 0 Å². The van der Waals surface area contributed by atoms with Gasteiger partial charge in [0.25, 0.3) is 0 Å². The monoisotopic (exact) mass is 606 g/mol. The predicted octanol–water partition coefficient (Wildman–Crippen LogP) is 13.6. The van der Waals surface area contributed by atoms with Gasteiger partial charge in [0.15, 0.2) is 0 Å². The van der Waals surface area contributed by atoms with E-state index in [1.54, 1.807) is 0 Å². The fraction of sp³-hybridized carbons (Fsp3) is 0. The number of benzene rings is 10. The Balaban J connectivity index is 1.26. The first-order chi connectivity index (χ1) is 23.8. The molecule has 0 aromatic heterocycles. The molecule has 0 N–H and O–H groups in total. The molecule has 48 heavy (non-hydrogen) atoms. The first-order valence-corrected chi connectivity index (χ1v) is 16.7. The van der Waals surface area contributed by atoms with Gasteiger partial charge in [-0.2, -0.15) is 0 Å². The van der Waals surface area contributed by atoms with Crippen LogP contribution in [0.1, 0.15) is 0 Å². The Morgan fingerprint density at radius 1 is 0.188 bits per heavy atom. The van der Waals surface area contributed by atoms with Crippen molar-refractivity contribution in [1.82, 2.24) is 0 Å². The van der Waals surface area contributed by atoms with E-state index in [1.165, 1.54) is 98.0 Å². The highest BCUT2D eigenvalue weighted by molar-refractivity contribution is 6.26. The quantitative estimate of drug-likeness (QED) is 0.176. The van der Waals surface area contributed by atoms with E-state index in [0.717, 1.165) is 0 Å². The second-order valence-corrected chi connectivity index (χ2v) is 12.9. The average molecular weight is 607 g/mol. The van der Waals surface area contributed by atoms with Crippen molar-refractivity contribution in [3.8, 4) is 33.4 Å². The number of hydrogen-bond acceptors (Lipinski definition) is 0. The molecule has 0 atom stereocenters. The van der Waals surface area contributed by atoms with E-state index in [4.69, 9.17) is 0 Å². The first-order valence-electron chi connectivity index (χ1n) is 16.7. The molecule has 222 valence electrons. The third kappa shape index (κ3) is 4.16. The van der Waals surface area contributed by atoms with Crippen LogP contribution in [0.25, 0.3) is 98.0 Å². The molecular formula is C48H30. The van der Waals surface area contributed by atoms with Gasteiger partial charge < -0.3 is 0 Å². The van der Waals surface area contributed by atoms with Gasteiger partial charge in [-0.3, -0.25) is 0 Å². The van der Waals surface area contributed by atoms with Crippen LogP contribution in [0, 0.1) is 0 Å². The van der Waals surface area contributed by atoms with Crippen molar-refractivity contribution in [2.45, 2.75) is 0 Å². The van der Waals surface area contributed by atoms with Crippen LogP contribution < -0.4 is 0 Å². The maximum absolute atomic E-state index is 2.42. The van der Waals surface area contributed by atoms with E-state index in [2.05, 4.69) is 182 Å². The minimum absolute atomic E-state index is 1.22. The van der Waals surface area contributed by atoms with E-state index >= 15 is 0 Å². The molecule has 10 aromatic carbocycles. The van der Waals surface area contributed by atoms with Crippen LogP contribution in [0.5, 0.6) is 0 Å². The summed E-state index contributed by atoms with van der Waals surface area (Å²) in [6.07, 6.45) is 0. The largest absolute Gasteiger partial charge is 0.0616 e. The van der Waals surface area contributed by atoms with Crippen molar-refractivity contribution in [1.29, 1.82) is 0 Å². The van der Waals surface area contributed by atoms with Crippen LogP contribution in [0.4, 0.5) is 0 Å². The lowest BCUT2D eigenvalue weighted by atomic mass is 9.87. The molecule has 10 aromatic rings. The molecule has 0 spiro atoms. The summed E-state index contributed by atoms with van der Waals surface area (Å²) in [6, 6.07) is 67.2. The number of hydrogen-bond donors (Lipinski definition) is 0. The summed E-state index contributed by atoms with van der Waals surface area (Å²) in [4.78, 5) is 0. The van der Waals surface area contributed by atoms with E-state index in [0.29, 0.717) is 0 Å². The normalized spacial score (nSPS) is 11.8. The minimum Gasteiger partial charge on any atom is -0.0616 e. The zero-order chi connectivity index (χ0) is 31.6. The summed E-state index contributed by atoms with van der Waals surface area (Å²) in [5.41, 5.74) is 7.45. The van der Waals surface area contributed by atoms with Crippen LogP contribution in [0.2, 0.25) is 0 Å². The minimum atomic E-state index is 1.22. The first kappa shape index (κ1) is 26.9. The molecular weight excluding hydrogens is 577 g/mol. The zero-order valence-corrected chi connectivity index (χ0v) is 26.3. The molecule has 0 aliphatic heterocycles. The molecule has 0 aliphatic carbocycles. The SMILES string of the molecule is c1ccc2cc(-c3ccc4c(-c5cccc6ccccc56)ccc(-c5ccc6c7ccccc7c7ccccc7c6c5)c4c3)ccc2c1. The second kappa shape index (κ2) is 10.7. The molecule has 0 bridgehead atoms. The van der Waals surface area contributed by atoms with Gasteiger partial charge in [-0.25, -0.2) is 0 Å². The molecule has 0 saturated heterocycles. The molecule has 0 amide bonds. The fourth-order valence-electron chi connectivity index (χ4n) is 7.92. The summed E-state index contributed by atoms with van der Waals surface area (Å²) in [5, 5.41) is 15.4. The molecule has 0 nitrogen and oxygen atoms in total. The average Bonchev–Trinajstić information content (AvgIpc) is 3.17. The van der Waals surface area contributed by atoms with Crippen molar-refractivity contribution >= 4 is 64.6 Å².